The van der Waals surface area contributed by atoms with E-state index >= 15 is 0 Å². The minimum Gasteiger partial charge on any atom is -0.492 e. The molecular weight excluding hydrogens is 897 g/mol. The number of nitriles is 1. The Hall–Kier alpha value is -7.12. The zero-order chi connectivity index (χ0) is 49.1. The number of imide groups is 1. The third-order valence-corrected chi connectivity index (χ3v) is 15.6. The van der Waals surface area contributed by atoms with E-state index in [-0.39, 0.29) is 36.0 Å². The number of nitrogens with zero attached hydrogens (tertiary/aromatic N) is 8. The van der Waals surface area contributed by atoms with Crippen LogP contribution in [0, 0.1) is 17.2 Å². The van der Waals surface area contributed by atoms with Crippen LogP contribution in [0.15, 0.2) is 85.3 Å². The number of pyridine rings is 2. The van der Waals surface area contributed by atoms with Crippen LogP contribution in [0.4, 0.5) is 5.82 Å². The lowest BCUT2D eigenvalue weighted by Crippen LogP contribution is -2.57. The topological polar surface area (TPSA) is 186 Å². The first kappa shape index (κ1) is 47.6. The smallest absolute Gasteiger partial charge is 0.255 e. The number of carbonyl (C=O) groups is 5. The van der Waals surface area contributed by atoms with E-state index in [4.69, 9.17) is 9.72 Å². The molecule has 16 nitrogen and oxygen atoms in total. The summed E-state index contributed by atoms with van der Waals surface area (Å²) in [4.78, 5) is 78.1. The first-order valence-electron chi connectivity index (χ1n) is 25.4. The number of hydrogen-bond donors (Lipinski definition) is 2. The summed E-state index contributed by atoms with van der Waals surface area (Å²) in [5.41, 5.74) is 6.38. The lowest BCUT2D eigenvalue weighted by atomic mass is 9.81. The van der Waals surface area contributed by atoms with Crippen LogP contribution in [-0.4, -0.2) is 123 Å². The molecule has 1 unspecified atom stereocenters. The molecule has 3 aromatic heterocycles. The highest BCUT2D eigenvalue weighted by atomic mass is 16.5. The van der Waals surface area contributed by atoms with Crippen LogP contribution in [0.3, 0.4) is 0 Å². The number of piperidine rings is 4. The Kier molecular flexibility index (Phi) is 13.9. The van der Waals surface area contributed by atoms with E-state index in [2.05, 4.69) is 49.8 Å². The maximum absolute atomic E-state index is 13.9. The van der Waals surface area contributed by atoms with E-state index in [9.17, 15) is 29.2 Å². The summed E-state index contributed by atoms with van der Waals surface area (Å²) in [5, 5.41) is 20.1. The minimum atomic E-state index is -0.619. The molecule has 4 saturated heterocycles. The molecule has 368 valence electrons. The molecule has 5 aromatic rings. The molecule has 2 aromatic carbocycles. The summed E-state index contributed by atoms with van der Waals surface area (Å²) in [6.45, 7) is 8.08. The van der Waals surface area contributed by atoms with Crippen molar-refractivity contribution in [2.75, 3.05) is 57.3 Å². The van der Waals surface area contributed by atoms with Gasteiger partial charge in [0.1, 0.15) is 23.7 Å². The first-order chi connectivity index (χ1) is 34.5. The molecule has 0 radical (unpaired) electrons. The van der Waals surface area contributed by atoms with Crippen molar-refractivity contribution in [1.82, 2.24) is 39.9 Å². The van der Waals surface area contributed by atoms with E-state index in [1.54, 1.807) is 21.8 Å². The fourth-order valence-electron chi connectivity index (χ4n) is 11.6. The van der Waals surface area contributed by atoms with Crippen LogP contribution in [-0.2, 0) is 32.1 Å². The number of carbonyl (C=O) groups excluding carboxylic acids is 5. The van der Waals surface area contributed by atoms with E-state index in [1.165, 1.54) is 5.56 Å². The number of likely N-dealkylation sites (tertiary alicyclic amines) is 2. The van der Waals surface area contributed by atoms with Crippen LogP contribution in [0.25, 0.3) is 16.6 Å². The average molecular weight is 959 g/mol. The van der Waals surface area contributed by atoms with Gasteiger partial charge in [0.2, 0.25) is 23.6 Å². The number of aromatic nitrogens is 3. The normalized spacial score (nSPS) is 19.9. The zero-order valence-corrected chi connectivity index (χ0v) is 40.5. The highest BCUT2D eigenvalue weighted by Crippen LogP contribution is 2.36. The van der Waals surface area contributed by atoms with Gasteiger partial charge in [-0.2, -0.15) is 10.4 Å². The van der Waals surface area contributed by atoms with Crippen molar-refractivity contribution >= 4 is 40.9 Å². The summed E-state index contributed by atoms with van der Waals surface area (Å²) in [5.74, 6) is 1.47. The molecule has 1 atom stereocenters. The summed E-state index contributed by atoms with van der Waals surface area (Å²) in [6, 6.07) is 24.1. The molecule has 10 rings (SSSR count). The predicted octanol–water partition coefficient (Wildman–Crippen LogP) is 6.02. The Bertz CT molecular complexity index is 2840. The SMILES string of the molecule is CCOc1cc(-c2ccc(N3CCC(Cc4ccccc4)(NC(=O)CC4CCN(C(=O)CCN5CCC(c6ccc7c(c6)C(=O)N(C6CCC(=O)NC6=O)C7)CC5)CC4)CC3)nc2)c2c(C#N)cnn2c1. The lowest BCUT2D eigenvalue weighted by molar-refractivity contribution is -0.137. The maximum atomic E-state index is 13.9. The summed E-state index contributed by atoms with van der Waals surface area (Å²) >= 11 is 0. The molecule has 5 amide bonds. The fourth-order valence-corrected chi connectivity index (χ4v) is 11.6. The number of ether oxygens (including phenoxy) is 1. The molecule has 0 saturated carbocycles. The number of fused-ring (bicyclic) bond motifs is 2. The van der Waals surface area contributed by atoms with Crippen molar-refractivity contribution in [1.29, 1.82) is 5.26 Å². The molecule has 71 heavy (non-hydrogen) atoms. The van der Waals surface area contributed by atoms with Crippen molar-refractivity contribution in [2.24, 2.45) is 5.92 Å². The second-order valence-electron chi connectivity index (χ2n) is 20.1. The molecule has 16 heteroatoms. The number of anilines is 1. The van der Waals surface area contributed by atoms with E-state index in [0.717, 1.165) is 99.2 Å². The second kappa shape index (κ2) is 20.7. The van der Waals surface area contributed by atoms with Crippen LogP contribution >= 0.6 is 0 Å². The molecule has 0 aliphatic carbocycles. The van der Waals surface area contributed by atoms with Crippen molar-refractivity contribution in [2.45, 2.75) is 102 Å². The monoisotopic (exact) mass is 958 g/mol. The van der Waals surface area contributed by atoms with Crippen LogP contribution in [0.1, 0.15) is 110 Å². The van der Waals surface area contributed by atoms with Crippen LogP contribution < -0.4 is 20.3 Å². The first-order valence-corrected chi connectivity index (χ1v) is 25.4. The number of hydrogen-bond acceptors (Lipinski definition) is 11. The zero-order valence-electron chi connectivity index (χ0n) is 40.5. The number of nitrogens with one attached hydrogen (secondary N) is 2. The highest BCUT2D eigenvalue weighted by Gasteiger charge is 2.40. The number of benzene rings is 2. The third-order valence-electron chi connectivity index (χ3n) is 15.6. The summed E-state index contributed by atoms with van der Waals surface area (Å²) in [7, 11) is 0. The standard InChI is InChI=1S/C55H62N10O6/c1-2-71-44-30-45(52-43(32-56)34-58-65(52)36-44)41-10-12-48(57-33-41)62-26-19-55(20-27-62,31-38-6-4-3-5-7-38)60-50(67)28-37-14-24-63(25-15-37)51(68)18-23-61-21-16-39(17-22-61)40-8-9-42-35-64(54(70)46(42)29-40)47-11-13-49(66)59-53(47)69/h3-10,12,29-30,33-34,36-37,39,47H,2,11,13-28,31,35H2,1H3,(H,60,67)(H,59,66,69). The van der Waals surface area contributed by atoms with Crippen molar-refractivity contribution in [3.05, 3.63) is 113 Å². The molecule has 2 N–H and O–H groups in total. The van der Waals surface area contributed by atoms with E-state index in [1.807, 2.05) is 66.6 Å². The highest BCUT2D eigenvalue weighted by molar-refractivity contribution is 6.05. The molecule has 0 spiro atoms. The Morgan fingerprint density at radius 2 is 1.69 bits per heavy atom. The summed E-state index contributed by atoms with van der Waals surface area (Å²) in [6.07, 6.45) is 12.5. The quantitative estimate of drug-likeness (QED) is 0.124. The molecule has 5 aliphatic rings. The van der Waals surface area contributed by atoms with Gasteiger partial charge in [0.05, 0.1) is 30.1 Å². The third kappa shape index (κ3) is 10.4. The number of rotatable bonds is 14. The van der Waals surface area contributed by atoms with Gasteiger partial charge in [0.25, 0.3) is 5.91 Å². The molecule has 0 bridgehead atoms. The molecule has 5 aliphatic heterocycles. The second-order valence-corrected chi connectivity index (χ2v) is 20.1. The minimum absolute atomic E-state index is 0.0722. The molecule has 4 fully saturated rings. The average Bonchev–Trinajstić information content (AvgIpc) is 3.96. The van der Waals surface area contributed by atoms with Gasteiger partial charge < -0.3 is 29.7 Å². The van der Waals surface area contributed by atoms with Gasteiger partial charge in [0.15, 0.2) is 0 Å². The largest absolute Gasteiger partial charge is 0.492 e. The summed E-state index contributed by atoms with van der Waals surface area (Å²) < 4.78 is 7.49. The molecular formula is C55H62N10O6. The van der Waals surface area contributed by atoms with Gasteiger partial charge >= 0.3 is 0 Å². The van der Waals surface area contributed by atoms with Crippen LogP contribution in [0.2, 0.25) is 0 Å². The van der Waals surface area contributed by atoms with Gasteiger partial charge in [-0.25, -0.2) is 9.50 Å². The van der Waals surface area contributed by atoms with Gasteiger partial charge in [-0.05, 0) is 124 Å². The van der Waals surface area contributed by atoms with Crippen molar-refractivity contribution < 1.29 is 28.7 Å². The fraction of sp³-hybridized carbons (Fsp3) is 0.455. The maximum Gasteiger partial charge on any atom is 0.255 e. The van der Waals surface area contributed by atoms with Gasteiger partial charge in [-0.1, -0.05) is 42.5 Å². The predicted molar refractivity (Wildman–Crippen MR) is 266 cm³/mol. The Morgan fingerprint density at radius 3 is 2.41 bits per heavy atom. The van der Waals surface area contributed by atoms with Crippen molar-refractivity contribution in [3.63, 3.8) is 0 Å². The van der Waals surface area contributed by atoms with Gasteiger partial charge in [0, 0.05) is 87.0 Å². The Balaban J connectivity index is 0.683. The Morgan fingerprint density at radius 1 is 0.901 bits per heavy atom. The van der Waals surface area contributed by atoms with E-state index < -0.39 is 17.5 Å². The van der Waals surface area contributed by atoms with E-state index in [0.29, 0.717) is 80.4 Å². The molecule has 8 heterocycles. The lowest BCUT2D eigenvalue weighted by Gasteiger charge is -2.43. The Labute approximate surface area is 414 Å². The van der Waals surface area contributed by atoms with Crippen LogP contribution in [0.5, 0.6) is 5.75 Å². The number of amides is 5. The van der Waals surface area contributed by atoms with Gasteiger partial charge in [-0.3, -0.25) is 29.3 Å². The van der Waals surface area contributed by atoms with Gasteiger partial charge in [-0.15, -0.1) is 0 Å². The van der Waals surface area contributed by atoms with Crippen molar-refractivity contribution in [3.8, 4) is 22.9 Å².